The summed E-state index contributed by atoms with van der Waals surface area (Å²) in [5, 5.41) is 8.50. The van der Waals surface area contributed by atoms with Gasteiger partial charge in [-0.25, -0.2) is 8.78 Å². The van der Waals surface area contributed by atoms with Crippen molar-refractivity contribution in [2.75, 3.05) is 26.3 Å². The van der Waals surface area contributed by atoms with E-state index in [0.29, 0.717) is 0 Å². The Labute approximate surface area is 80.4 Å². The highest BCUT2D eigenvalue weighted by atomic mass is 19.3. The van der Waals surface area contributed by atoms with Crippen molar-refractivity contribution in [3.63, 3.8) is 0 Å². The van der Waals surface area contributed by atoms with Crippen molar-refractivity contribution in [1.82, 2.24) is 4.90 Å². The summed E-state index contributed by atoms with van der Waals surface area (Å²) in [6, 6.07) is 0. The zero-order valence-electron chi connectivity index (χ0n) is 7.87. The summed E-state index contributed by atoms with van der Waals surface area (Å²) in [5.41, 5.74) is 0. The Morgan fingerprint density at radius 1 is 1.71 bits per heavy atom. The lowest BCUT2D eigenvalue weighted by Crippen LogP contribution is -2.34. The molecule has 1 amide bonds. The van der Waals surface area contributed by atoms with E-state index in [1.165, 1.54) is 0 Å². The maximum atomic E-state index is 13.1. The van der Waals surface area contributed by atoms with Gasteiger partial charge in [0.25, 0.3) is 5.92 Å². The van der Waals surface area contributed by atoms with Crippen LogP contribution in [0.1, 0.15) is 6.92 Å². The molecule has 0 unspecified atom stereocenters. The topological polar surface area (TPSA) is 49.8 Å². The molecule has 1 saturated heterocycles. The number of likely N-dealkylation sites (tertiary alicyclic amines) is 1. The lowest BCUT2D eigenvalue weighted by atomic mass is 10.2. The molecule has 14 heavy (non-hydrogen) atoms. The van der Waals surface area contributed by atoms with Crippen LogP contribution in [-0.4, -0.2) is 54.2 Å². The van der Waals surface area contributed by atoms with E-state index in [2.05, 4.69) is 0 Å². The molecule has 1 heterocycles. The van der Waals surface area contributed by atoms with Crippen LogP contribution in [0.3, 0.4) is 0 Å². The molecule has 1 rings (SSSR count). The first-order chi connectivity index (χ1) is 6.51. The summed E-state index contributed by atoms with van der Waals surface area (Å²) >= 11 is 0. The highest BCUT2D eigenvalue weighted by Gasteiger charge is 2.50. The summed E-state index contributed by atoms with van der Waals surface area (Å²) in [6.45, 7) is 0.236. The SMILES string of the molecule is CCO[C@@H]1CN(C(=O)CO)CC1(F)F. The van der Waals surface area contributed by atoms with Crippen LogP contribution in [0.2, 0.25) is 0 Å². The van der Waals surface area contributed by atoms with E-state index in [1.54, 1.807) is 6.92 Å². The molecule has 4 nitrogen and oxygen atoms in total. The van der Waals surface area contributed by atoms with E-state index < -0.39 is 31.1 Å². The van der Waals surface area contributed by atoms with Crippen LogP contribution in [0.25, 0.3) is 0 Å². The molecule has 1 N–H and O–H groups in total. The molecule has 6 heteroatoms. The van der Waals surface area contributed by atoms with E-state index in [9.17, 15) is 13.6 Å². The molecule has 0 radical (unpaired) electrons. The predicted molar refractivity (Wildman–Crippen MR) is 44.0 cm³/mol. The smallest absolute Gasteiger partial charge is 0.292 e. The number of ether oxygens (including phenoxy) is 1. The van der Waals surface area contributed by atoms with Crippen molar-refractivity contribution in [3.8, 4) is 0 Å². The number of nitrogens with zero attached hydrogens (tertiary/aromatic N) is 1. The Hall–Kier alpha value is -0.750. The van der Waals surface area contributed by atoms with Gasteiger partial charge in [-0.1, -0.05) is 0 Å². The van der Waals surface area contributed by atoms with E-state index in [1.807, 2.05) is 0 Å². The van der Waals surface area contributed by atoms with Crippen LogP contribution in [0.15, 0.2) is 0 Å². The van der Waals surface area contributed by atoms with Gasteiger partial charge in [-0.3, -0.25) is 4.79 Å². The molecule has 0 aliphatic carbocycles. The second kappa shape index (κ2) is 4.18. The molecule has 0 aromatic heterocycles. The quantitative estimate of drug-likeness (QED) is 0.704. The van der Waals surface area contributed by atoms with Crippen molar-refractivity contribution in [1.29, 1.82) is 0 Å². The number of carbonyl (C=O) groups is 1. The number of hydrogen-bond donors (Lipinski definition) is 1. The maximum Gasteiger partial charge on any atom is 0.292 e. The first-order valence-electron chi connectivity index (χ1n) is 4.39. The molecule has 0 saturated carbocycles. The number of hydrogen-bond acceptors (Lipinski definition) is 3. The highest BCUT2D eigenvalue weighted by Crippen LogP contribution is 2.29. The van der Waals surface area contributed by atoms with Gasteiger partial charge in [0.1, 0.15) is 12.7 Å². The van der Waals surface area contributed by atoms with Gasteiger partial charge in [0.15, 0.2) is 0 Å². The Bertz CT molecular complexity index is 223. The molecule has 1 aliphatic rings. The standard InChI is InChI=1S/C8H13F2NO3/c1-2-14-6-3-11(7(13)4-12)5-8(6,9)10/h6,12H,2-5H2,1H3/t6-/m1/s1. The minimum absolute atomic E-state index is 0.153. The predicted octanol–water partition coefficient (Wildman–Crippen LogP) is -0.139. The van der Waals surface area contributed by atoms with Gasteiger partial charge in [0.05, 0.1) is 13.1 Å². The van der Waals surface area contributed by atoms with E-state index in [0.717, 1.165) is 4.90 Å². The van der Waals surface area contributed by atoms with Crippen LogP contribution in [0.5, 0.6) is 0 Å². The van der Waals surface area contributed by atoms with Crippen LogP contribution >= 0.6 is 0 Å². The molecule has 0 aromatic rings. The van der Waals surface area contributed by atoms with Gasteiger partial charge >= 0.3 is 0 Å². The Morgan fingerprint density at radius 3 is 2.86 bits per heavy atom. The number of amides is 1. The first kappa shape index (κ1) is 11.3. The summed E-state index contributed by atoms with van der Waals surface area (Å²) in [4.78, 5) is 11.9. The third-order valence-corrected chi connectivity index (χ3v) is 2.11. The summed E-state index contributed by atoms with van der Waals surface area (Å²) in [7, 11) is 0. The average Bonchev–Trinajstić information content (AvgIpc) is 2.42. The van der Waals surface area contributed by atoms with E-state index >= 15 is 0 Å². The molecular weight excluding hydrogens is 196 g/mol. The Kier molecular flexibility index (Phi) is 3.38. The zero-order chi connectivity index (χ0) is 10.8. The second-order valence-electron chi connectivity index (χ2n) is 3.14. The summed E-state index contributed by atoms with van der Waals surface area (Å²) in [5.74, 6) is -3.70. The number of carbonyl (C=O) groups excluding carboxylic acids is 1. The van der Waals surface area contributed by atoms with Crippen molar-refractivity contribution in [2.45, 2.75) is 19.0 Å². The summed E-state index contributed by atoms with van der Waals surface area (Å²) in [6.07, 6.45) is -1.25. The largest absolute Gasteiger partial charge is 0.387 e. The van der Waals surface area contributed by atoms with Crippen LogP contribution in [0, 0.1) is 0 Å². The van der Waals surface area contributed by atoms with Crippen LogP contribution < -0.4 is 0 Å². The molecule has 1 aliphatic heterocycles. The van der Waals surface area contributed by atoms with Gasteiger partial charge in [0.2, 0.25) is 5.91 Å². The number of aliphatic hydroxyl groups is 1. The normalized spacial score (nSPS) is 25.4. The van der Waals surface area contributed by atoms with Gasteiger partial charge in [-0.15, -0.1) is 0 Å². The number of aliphatic hydroxyl groups excluding tert-OH is 1. The lowest BCUT2D eigenvalue weighted by Gasteiger charge is -2.16. The third-order valence-electron chi connectivity index (χ3n) is 2.11. The Balaban J connectivity index is 2.61. The van der Waals surface area contributed by atoms with Crippen molar-refractivity contribution in [2.24, 2.45) is 0 Å². The van der Waals surface area contributed by atoms with Gasteiger partial charge in [-0.05, 0) is 6.92 Å². The van der Waals surface area contributed by atoms with Crippen LogP contribution in [-0.2, 0) is 9.53 Å². The monoisotopic (exact) mass is 209 g/mol. The lowest BCUT2D eigenvalue weighted by molar-refractivity contribution is -0.134. The molecule has 1 atom stereocenters. The fourth-order valence-corrected chi connectivity index (χ4v) is 1.42. The highest BCUT2D eigenvalue weighted by molar-refractivity contribution is 5.77. The van der Waals surface area contributed by atoms with Crippen molar-refractivity contribution in [3.05, 3.63) is 0 Å². The Morgan fingerprint density at radius 2 is 2.36 bits per heavy atom. The van der Waals surface area contributed by atoms with Gasteiger partial charge < -0.3 is 14.7 Å². The minimum Gasteiger partial charge on any atom is -0.387 e. The van der Waals surface area contributed by atoms with E-state index in [4.69, 9.17) is 9.84 Å². The van der Waals surface area contributed by atoms with E-state index in [-0.39, 0.29) is 13.2 Å². The van der Waals surface area contributed by atoms with Crippen molar-refractivity contribution < 1.29 is 23.4 Å². The number of halogens is 2. The number of rotatable bonds is 3. The minimum atomic E-state index is -3.01. The second-order valence-corrected chi connectivity index (χ2v) is 3.14. The van der Waals surface area contributed by atoms with Crippen LogP contribution in [0.4, 0.5) is 8.78 Å². The zero-order valence-corrected chi connectivity index (χ0v) is 7.87. The third kappa shape index (κ3) is 2.19. The molecular formula is C8H13F2NO3. The number of alkyl halides is 2. The molecule has 1 fully saturated rings. The van der Waals surface area contributed by atoms with Gasteiger partial charge in [-0.2, -0.15) is 0 Å². The molecule has 0 aromatic carbocycles. The fourth-order valence-electron chi connectivity index (χ4n) is 1.42. The van der Waals surface area contributed by atoms with Gasteiger partial charge in [0, 0.05) is 6.61 Å². The first-order valence-corrected chi connectivity index (χ1v) is 4.39. The fraction of sp³-hybridized carbons (Fsp3) is 0.875. The molecule has 0 spiro atoms. The molecule has 0 bridgehead atoms. The molecule has 82 valence electrons. The summed E-state index contributed by atoms with van der Waals surface area (Å²) < 4.78 is 31.1. The van der Waals surface area contributed by atoms with Crippen molar-refractivity contribution >= 4 is 5.91 Å². The average molecular weight is 209 g/mol. The maximum absolute atomic E-state index is 13.1.